The smallest absolute Gasteiger partial charge is 0.0704 e. The molecule has 3 nitrogen and oxygen atoms in total. The fourth-order valence-corrected chi connectivity index (χ4v) is 4.02. The molecule has 104 valence electrons. The van der Waals surface area contributed by atoms with E-state index in [4.69, 9.17) is 5.84 Å². The maximum Gasteiger partial charge on any atom is 0.0704 e. The first-order valence-electron chi connectivity index (χ1n) is 7.64. The Balaban J connectivity index is 1.59. The molecule has 3 atom stereocenters. The predicted octanol–water partition coefficient (Wildman–Crippen LogP) is 2.66. The van der Waals surface area contributed by atoms with E-state index in [1.807, 2.05) is 12.3 Å². The minimum Gasteiger partial charge on any atom is -0.271 e. The van der Waals surface area contributed by atoms with E-state index in [9.17, 15) is 0 Å². The van der Waals surface area contributed by atoms with Crippen molar-refractivity contribution in [3.8, 4) is 0 Å². The van der Waals surface area contributed by atoms with Crippen LogP contribution < -0.4 is 11.3 Å². The molecule has 2 saturated carbocycles. The van der Waals surface area contributed by atoms with E-state index in [1.54, 1.807) is 0 Å². The summed E-state index contributed by atoms with van der Waals surface area (Å²) in [7, 11) is 0. The molecule has 3 heteroatoms. The van der Waals surface area contributed by atoms with Gasteiger partial charge in [0, 0.05) is 17.6 Å². The molecular weight excluding hydrogens is 246 g/mol. The van der Waals surface area contributed by atoms with E-state index in [2.05, 4.69) is 34.7 Å². The summed E-state index contributed by atoms with van der Waals surface area (Å²) >= 11 is 0. The molecule has 1 aromatic carbocycles. The molecule has 2 aromatic rings. The fourth-order valence-electron chi connectivity index (χ4n) is 4.02. The maximum atomic E-state index is 5.84. The largest absolute Gasteiger partial charge is 0.271 e. The van der Waals surface area contributed by atoms with E-state index < -0.39 is 0 Å². The van der Waals surface area contributed by atoms with Crippen LogP contribution in [0, 0.1) is 17.8 Å². The van der Waals surface area contributed by atoms with Crippen molar-refractivity contribution in [3.63, 3.8) is 0 Å². The van der Waals surface area contributed by atoms with E-state index in [0.717, 1.165) is 29.7 Å². The Morgan fingerprint density at radius 1 is 1.15 bits per heavy atom. The monoisotopic (exact) mass is 267 g/mol. The molecule has 2 fully saturated rings. The molecule has 3 N–H and O–H groups in total. The van der Waals surface area contributed by atoms with Crippen molar-refractivity contribution in [3.05, 3.63) is 42.1 Å². The Morgan fingerprint density at radius 3 is 2.75 bits per heavy atom. The highest BCUT2D eigenvalue weighted by Crippen LogP contribution is 2.55. The first-order chi connectivity index (χ1) is 9.85. The molecule has 1 heterocycles. The van der Waals surface area contributed by atoms with Crippen molar-refractivity contribution in [1.82, 2.24) is 10.4 Å². The second kappa shape index (κ2) is 4.83. The van der Waals surface area contributed by atoms with Crippen LogP contribution in [0.15, 0.2) is 36.5 Å². The van der Waals surface area contributed by atoms with Gasteiger partial charge < -0.3 is 0 Å². The van der Waals surface area contributed by atoms with Gasteiger partial charge in [0.15, 0.2) is 0 Å². The van der Waals surface area contributed by atoms with Gasteiger partial charge in [0.1, 0.15) is 0 Å². The highest BCUT2D eigenvalue weighted by Gasteiger charge is 2.47. The third kappa shape index (κ3) is 2.11. The van der Waals surface area contributed by atoms with Gasteiger partial charge in [-0.15, -0.1) is 0 Å². The summed E-state index contributed by atoms with van der Waals surface area (Å²) < 4.78 is 0. The predicted molar refractivity (Wildman–Crippen MR) is 80.9 cm³/mol. The van der Waals surface area contributed by atoms with Gasteiger partial charge >= 0.3 is 0 Å². The average molecular weight is 267 g/mol. The number of pyridine rings is 1. The number of aromatic nitrogens is 1. The van der Waals surface area contributed by atoms with Crippen LogP contribution in [-0.2, 0) is 6.42 Å². The van der Waals surface area contributed by atoms with Gasteiger partial charge in [0.05, 0.1) is 5.52 Å². The van der Waals surface area contributed by atoms with Crippen molar-refractivity contribution in [2.24, 2.45) is 23.6 Å². The zero-order valence-corrected chi connectivity index (χ0v) is 11.6. The van der Waals surface area contributed by atoms with Crippen LogP contribution in [0.25, 0.3) is 10.9 Å². The number of hydrogen-bond donors (Lipinski definition) is 2. The van der Waals surface area contributed by atoms with Crippen molar-refractivity contribution in [1.29, 1.82) is 0 Å². The maximum absolute atomic E-state index is 5.84. The van der Waals surface area contributed by atoms with Crippen LogP contribution in [0.5, 0.6) is 0 Å². The van der Waals surface area contributed by atoms with Crippen LogP contribution in [0.3, 0.4) is 0 Å². The zero-order chi connectivity index (χ0) is 13.5. The molecule has 0 radical (unpaired) electrons. The topological polar surface area (TPSA) is 50.9 Å². The third-order valence-corrected chi connectivity index (χ3v) is 5.24. The zero-order valence-electron chi connectivity index (χ0n) is 11.6. The summed E-state index contributed by atoms with van der Waals surface area (Å²) in [6.07, 6.45) is 7.11. The molecule has 3 unspecified atom stereocenters. The van der Waals surface area contributed by atoms with Gasteiger partial charge in [-0.05, 0) is 61.1 Å². The molecule has 0 amide bonds. The lowest BCUT2D eigenvalue weighted by molar-refractivity contribution is 0.336. The number of hydrogen-bond acceptors (Lipinski definition) is 3. The van der Waals surface area contributed by atoms with Gasteiger partial charge in [0.2, 0.25) is 0 Å². The first kappa shape index (κ1) is 12.3. The van der Waals surface area contributed by atoms with Crippen LogP contribution in [0.4, 0.5) is 0 Å². The van der Waals surface area contributed by atoms with Crippen molar-refractivity contribution in [2.45, 2.75) is 31.7 Å². The second-order valence-electron chi connectivity index (χ2n) is 6.45. The van der Waals surface area contributed by atoms with Gasteiger partial charge in [0.25, 0.3) is 0 Å². The van der Waals surface area contributed by atoms with Crippen molar-refractivity contribution >= 4 is 10.9 Å². The Hall–Kier alpha value is -1.45. The number of nitrogens with one attached hydrogen (secondary N) is 1. The van der Waals surface area contributed by atoms with Gasteiger partial charge in [-0.2, -0.15) is 0 Å². The Labute approximate surface area is 119 Å². The lowest BCUT2D eigenvalue weighted by Crippen LogP contribution is -2.42. The molecule has 0 spiro atoms. The van der Waals surface area contributed by atoms with Gasteiger partial charge in [-0.3, -0.25) is 16.3 Å². The molecule has 2 aliphatic rings. The Bertz CT molecular complexity index is 609. The van der Waals surface area contributed by atoms with E-state index in [0.29, 0.717) is 6.04 Å². The van der Waals surface area contributed by atoms with Crippen LogP contribution in [0.2, 0.25) is 0 Å². The lowest BCUT2D eigenvalue weighted by Gasteiger charge is -2.24. The number of hydrazine groups is 1. The summed E-state index contributed by atoms with van der Waals surface area (Å²) in [5.74, 6) is 8.59. The molecule has 0 aliphatic heterocycles. The fraction of sp³-hybridized carbons (Fsp3) is 0.471. The number of para-hydroxylation sites is 1. The van der Waals surface area contributed by atoms with Crippen molar-refractivity contribution in [2.75, 3.05) is 0 Å². The third-order valence-electron chi connectivity index (χ3n) is 5.24. The summed E-state index contributed by atoms with van der Waals surface area (Å²) in [5, 5.41) is 1.26. The highest BCUT2D eigenvalue weighted by molar-refractivity contribution is 5.81. The van der Waals surface area contributed by atoms with Crippen LogP contribution >= 0.6 is 0 Å². The quantitative estimate of drug-likeness (QED) is 0.661. The standard InChI is InChI=1S/C17H21N3/c18-20-17(14-8-12-7-13(12)9-14)10-11-5-6-19-16-4-2-1-3-15(11)16/h1-6,12-14,17,20H,7-10,18H2. The second-order valence-corrected chi connectivity index (χ2v) is 6.45. The highest BCUT2D eigenvalue weighted by atomic mass is 15.2. The van der Waals surface area contributed by atoms with E-state index in [1.165, 1.54) is 30.2 Å². The minimum atomic E-state index is 0.397. The molecule has 0 saturated heterocycles. The Morgan fingerprint density at radius 2 is 1.95 bits per heavy atom. The molecular formula is C17H21N3. The van der Waals surface area contributed by atoms with E-state index >= 15 is 0 Å². The molecule has 20 heavy (non-hydrogen) atoms. The first-order valence-corrected chi connectivity index (χ1v) is 7.64. The van der Waals surface area contributed by atoms with Gasteiger partial charge in [-0.25, -0.2) is 0 Å². The van der Waals surface area contributed by atoms with Crippen LogP contribution in [-0.4, -0.2) is 11.0 Å². The lowest BCUT2D eigenvalue weighted by atomic mass is 9.89. The van der Waals surface area contributed by atoms with Crippen LogP contribution in [0.1, 0.15) is 24.8 Å². The SMILES string of the molecule is NNC(Cc1ccnc2ccccc12)C1CC2CC2C1. The Kier molecular flexibility index (Phi) is 2.97. The average Bonchev–Trinajstić information content (AvgIpc) is 3.11. The minimum absolute atomic E-state index is 0.397. The summed E-state index contributed by atoms with van der Waals surface area (Å²) in [4.78, 5) is 4.44. The van der Waals surface area contributed by atoms with Gasteiger partial charge in [-0.1, -0.05) is 18.2 Å². The number of benzene rings is 1. The summed E-state index contributed by atoms with van der Waals surface area (Å²) in [6, 6.07) is 10.9. The summed E-state index contributed by atoms with van der Waals surface area (Å²) in [6.45, 7) is 0. The molecule has 2 aliphatic carbocycles. The normalized spacial score (nSPS) is 29.4. The molecule has 4 rings (SSSR count). The number of fused-ring (bicyclic) bond motifs is 2. The summed E-state index contributed by atoms with van der Waals surface area (Å²) in [5.41, 5.74) is 5.52. The number of nitrogens with zero attached hydrogens (tertiary/aromatic N) is 1. The number of nitrogens with two attached hydrogens (primary N) is 1. The molecule has 0 bridgehead atoms. The van der Waals surface area contributed by atoms with E-state index in [-0.39, 0.29) is 0 Å². The van der Waals surface area contributed by atoms with Crippen molar-refractivity contribution < 1.29 is 0 Å². The number of rotatable bonds is 4. The molecule has 1 aromatic heterocycles.